The molecule has 0 spiro atoms. The van der Waals surface area contributed by atoms with E-state index in [-0.39, 0.29) is 29.7 Å². The molecule has 0 radical (unpaired) electrons. The molecule has 3 aromatic carbocycles. The van der Waals surface area contributed by atoms with Crippen LogP contribution in [0.5, 0.6) is 5.75 Å². The predicted octanol–water partition coefficient (Wildman–Crippen LogP) is 5.89. The Morgan fingerprint density at radius 1 is 0.903 bits per heavy atom. The van der Waals surface area contributed by atoms with Gasteiger partial charge in [-0.3, -0.25) is 0 Å². The Hall–Kier alpha value is -2.73. The van der Waals surface area contributed by atoms with Crippen LogP contribution in [0.25, 0.3) is 22.3 Å². The molecule has 31 heavy (non-hydrogen) atoms. The second-order valence-electron chi connectivity index (χ2n) is 7.99. The van der Waals surface area contributed by atoms with Crippen LogP contribution in [0.2, 0.25) is 0 Å². The van der Waals surface area contributed by atoms with E-state index in [1.807, 2.05) is 6.07 Å². The van der Waals surface area contributed by atoms with Crippen molar-refractivity contribution in [3.63, 3.8) is 0 Å². The second kappa shape index (κ2) is 9.19. The van der Waals surface area contributed by atoms with Gasteiger partial charge in [0.05, 0.1) is 12.6 Å². The van der Waals surface area contributed by atoms with E-state index in [4.69, 9.17) is 9.47 Å². The molecule has 3 aromatic rings. The van der Waals surface area contributed by atoms with Crippen molar-refractivity contribution in [1.82, 2.24) is 0 Å². The molecule has 1 saturated heterocycles. The van der Waals surface area contributed by atoms with Crippen molar-refractivity contribution in [1.29, 1.82) is 0 Å². The molecule has 1 heterocycles. The van der Waals surface area contributed by atoms with E-state index in [2.05, 4.69) is 6.92 Å². The van der Waals surface area contributed by atoms with Crippen LogP contribution in [0.3, 0.4) is 0 Å². The molecule has 0 aromatic heterocycles. The molecule has 1 aliphatic heterocycles. The topological polar surface area (TPSA) is 18.5 Å². The van der Waals surface area contributed by atoms with Gasteiger partial charge in [0.15, 0.2) is 19.4 Å². The van der Waals surface area contributed by atoms with Crippen LogP contribution < -0.4 is 4.74 Å². The molecule has 1 fully saturated rings. The summed E-state index contributed by atoms with van der Waals surface area (Å²) in [6.45, 7) is 3.04. The largest absolute Gasteiger partial charge is 0.500 e. The number of hydrogen-bond donors (Lipinski definition) is 0. The van der Waals surface area contributed by atoms with Gasteiger partial charge >= 0.3 is 0 Å². The normalized spacial score (nSPS) is 18.7. The Balaban J connectivity index is 1.56. The minimum Gasteiger partial charge on any atom is -0.500 e. The summed E-state index contributed by atoms with van der Waals surface area (Å²) < 4.78 is 54.3. The Kier molecular flexibility index (Phi) is 6.37. The summed E-state index contributed by atoms with van der Waals surface area (Å²) in [5.74, 6) is -1.84. The molecule has 160 valence electrons. The molecule has 0 bridgehead atoms. The van der Waals surface area contributed by atoms with Crippen LogP contribution in [0.15, 0.2) is 54.6 Å². The molecule has 4 rings (SSSR count). The van der Waals surface area contributed by atoms with Crippen molar-refractivity contribution in [2.45, 2.75) is 25.9 Å². The van der Waals surface area contributed by atoms with E-state index in [1.165, 1.54) is 18.2 Å². The summed E-state index contributed by atoms with van der Waals surface area (Å²) >= 11 is 0. The number of benzene rings is 3. The first kappa shape index (κ1) is 21.5. The van der Waals surface area contributed by atoms with Crippen molar-refractivity contribution >= 4 is 7.85 Å². The zero-order chi connectivity index (χ0) is 22.0. The summed E-state index contributed by atoms with van der Waals surface area (Å²) in [7, 11) is 1.71. The fraction of sp³-hybridized carbons (Fsp3) is 0.280. The van der Waals surface area contributed by atoms with Crippen molar-refractivity contribution in [2.24, 2.45) is 5.92 Å². The van der Waals surface area contributed by atoms with Crippen LogP contribution in [0.4, 0.5) is 13.2 Å². The number of rotatable bonds is 5. The summed E-state index contributed by atoms with van der Waals surface area (Å²) in [5.41, 5.74) is 2.77. The standard InChI is InChI=1S/C25H24BF3O2/c1-15-2-10-22(30-13-15)20-8-7-18(12-21(20)27)16-3-5-17(6-4-16)19-9-11-23(31-14-26)25(29)24(19)28/h3-9,11-12,15,22H,2,10,13-14,26H2,1H3. The highest BCUT2D eigenvalue weighted by molar-refractivity contribution is 6.08. The summed E-state index contributed by atoms with van der Waals surface area (Å²) in [6, 6.07) is 15.0. The van der Waals surface area contributed by atoms with Gasteiger partial charge in [-0.1, -0.05) is 43.3 Å². The van der Waals surface area contributed by atoms with Gasteiger partial charge in [-0.2, -0.15) is 4.39 Å². The number of halogens is 3. The van der Waals surface area contributed by atoms with Crippen LogP contribution in [-0.2, 0) is 4.74 Å². The molecule has 2 atom stereocenters. The maximum absolute atomic E-state index is 14.8. The van der Waals surface area contributed by atoms with Gasteiger partial charge in [0, 0.05) is 17.7 Å². The average Bonchev–Trinajstić information content (AvgIpc) is 2.78. The van der Waals surface area contributed by atoms with Gasteiger partial charge in [0.2, 0.25) is 5.82 Å². The number of hydrogen-bond acceptors (Lipinski definition) is 2. The summed E-state index contributed by atoms with van der Waals surface area (Å²) in [4.78, 5) is 0. The fourth-order valence-electron chi connectivity index (χ4n) is 3.96. The zero-order valence-corrected chi connectivity index (χ0v) is 17.6. The Morgan fingerprint density at radius 3 is 2.26 bits per heavy atom. The van der Waals surface area contributed by atoms with Crippen LogP contribution in [0.1, 0.15) is 31.4 Å². The molecule has 0 saturated carbocycles. The number of ether oxygens (including phenoxy) is 2. The molecular weight excluding hydrogens is 400 g/mol. The van der Waals surface area contributed by atoms with E-state index < -0.39 is 11.6 Å². The Labute approximate surface area is 181 Å². The Morgan fingerprint density at radius 2 is 1.61 bits per heavy atom. The molecule has 1 aliphatic rings. The first-order valence-corrected chi connectivity index (χ1v) is 10.6. The molecular formula is C25H24BF3O2. The fourth-order valence-corrected chi connectivity index (χ4v) is 3.96. The minimum atomic E-state index is -1.000. The quantitative estimate of drug-likeness (QED) is 0.476. The minimum absolute atomic E-state index is 0.104. The van der Waals surface area contributed by atoms with Crippen molar-refractivity contribution in [2.75, 3.05) is 13.1 Å². The monoisotopic (exact) mass is 424 g/mol. The smallest absolute Gasteiger partial charge is 0.201 e. The van der Waals surface area contributed by atoms with E-state index in [1.54, 1.807) is 38.2 Å². The lowest BCUT2D eigenvalue weighted by Gasteiger charge is -2.27. The molecule has 0 amide bonds. The lowest BCUT2D eigenvalue weighted by atomic mass is 9.94. The highest BCUT2D eigenvalue weighted by Crippen LogP contribution is 2.35. The van der Waals surface area contributed by atoms with Crippen LogP contribution in [-0.4, -0.2) is 21.0 Å². The van der Waals surface area contributed by atoms with E-state index in [0.717, 1.165) is 24.0 Å². The molecule has 2 unspecified atom stereocenters. The lowest BCUT2D eigenvalue weighted by molar-refractivity contribution is -0.0141. The van der Waals surface area contributed by atoms with Gasteiger partial charge in [0.25, 0.3) is 0 Å². The van der Waals surface area contributed by atoms with E-state index >= 15 is 0 Å². The molecule has 2 nitrogen and oxygen atoms in total. The lowest BCUT2D eigenvalue weighted by Crippen LogP contribution is -2.19. The highest BCUT2D eigenvalue weighted by Gasteiger charge is 2.23. The van der Waals surface area contributed by atoms with Crippen molar-refractivity contribution < 1.29 is 22.6 Å². The van der Waals surface area contributed by atoms with Crippen molar-refractivity contribution in [3.8, 4) is 28.0 Å². The third kappa shape index (κ3) is 4.49. The first-order valence-electron chi connectivity index (χ1n) is 10.6. The molecule has 0 N–H and O–H groups in total. The van der Waals surface area contributed by atoms with Gasteiger partial charge in [-0.15, -0.1) is 0 Å². The summed E-state index contributed by atoms with van der Waals surface area (Å²) in [5, 5.41) is 0. The molecule has 6 heteroatoms. The molecule has 0 aliphatic carbocycles. The second-order valence-corrected chi connectivity index (χ2v) is 7.99. The average molecular weight is 424 g/mol. The third-order valence-corrected chi connectivity index (χ3v) is 5.73. The zero-order valence-electron chi connectivity index (χ0n) is 17.6. The predicted molar refractivity (Wildman–Crippen MR) is 118 cm³/mol. The van der Waals surface area contributed by atoms with Crippen molar-refractivity contribution in [3.05, 3.63) is 77.6 Å². The first-order chi connectivity index (χ1) is 15.0. The van der Waals surface area contributed by atoms with E-state index in [9.17, 15) is 13.2 Å². The third-order valence-electron chi connectivity index (χ3n) is 5.73. The van der Waals surface area contributed by atoms with Gasteiger partial charge in [0.1, 0.15) is 5.82 Å². The van der Waals surface area contributed by atoms with Gasteiger partial charge < -0.3 is 9.47 Å². The summed E-state index contributed by atoms with van der Waals surface area (Å²) in [6.07, 6.45) is 1.64. The van der Waals surface area contributed by atoms with Crippen LogP contribution in [0, 0.1) is 23.4 Å². The maximum atomic E-state index is 14.8. The highest BCUT2D eigenvalue weighted by atomic mass is 19.2. The van der Waals surface area contributed by atoms with Gasteiger partial charge in [-0.25, -0.2) is 8.78 Å². The Bertz CT molecular complexity index is 1060. The SMILES string of the molecule is BCOc1ccc(-c2ccc(-c3ccc(C4CCC(C)CO4)c(F)c3)cc2)c(F)c1F. The van der Waals surface area contributed by atoms with Crippen LogP contribution >= 0.6 is 0 Å². The van der Waals surface area contributed by atoms with Gasteiger partial charge in [-0.05, 0) is 53.6 Å². The maximum Gasteiger partial charge on any atom is 0.201 e. The van der Waals surface area contributed by atoms with E-state index in [0.29, 0.717) is 23.7 Å².